The lowest BCUT2D eigenvalue weighted by Crippen LogP contribution is -2.31. The molecule has 1 aliphatic rings. The van der Waals surface area contributed by atoms with Gasteiger partial charge in [-0.25, -0.2) is 8.78 Å². The predicted octanol–water partition coefficient (Wildman–Crippen LogP) is 2.32. The minimum absolute atomic E-state index is 0.0542. The molecule has 2 unspecified atom stereocenters. The van der Waals surface area contributed by atoms with Gasteiger partial charge in [-0.2, -0.15) is 0 Å². The minimum atomic E-state index is -0.504. The van der Waals surface area contributed by atoms with E-state index in [1.165, 1.54) is 12.1 Å². The normalized spacial score (nSPS) is 22.9. The van der Waals surface area contributed by atoms with Crippen molar-refractivity contribution in [1.29, 1.82) is 0 Å². The second-order valence-corrected chi connectivity index (χ2v) is 4.65. The third kappa shape index (κ3) is 2.82. The number of rotatable bonds is 3. The molecule has 1 aromatic rings. The third-order valence-corrected chi connectivity index (χ3v) is 3.54. The molecule has 0 bridgehead atoms. The Balaban J connectivity index is 2.11. The first-order valence-corrected chi connectivity index (χ1v) is 5.97. The first-order chi connectivity index (χ1) is 8.10. The van der Waals surface area contributed by atoms with Crippen LogP contribution < -0.4 is 5.32 Å². The van der Waals surface area contributed by atoms with Crippen molar-refractivity contribution >= 4 is 0 Å². The van der Waals surface area contributed by atoms with Gasteiger partial charge in [-0.1, -0.05) is 0 Å². The Morgan fingerprint density at radius 1 is 1.29 bits per heavy atom. The average Bonchev–Trinajstić information content (AvgIpc) is 2.75. The molecule has 0 amide bonds. The second kappa shape index (κ2) is 5.10. The number of halogens is 2. The average molecular weight is 240 g/mol. The van der Waals surface area contributed by atoms with Crippen molar-refractivity contribution < 1.29 is 8.78 Å². The molecule has 1 aliphatic heterocycles. The molecular formula is C13H18F2N2. The van der Waals surface area contributed by atoms with Gasteiger partial charge in [0.1, 0.15) is 11.6 Å². The van der Waals surface area contributed by atoms with Gasteiger partial charge in [0.25, 0.3) is 0 Å². The minimum Gasteiger partial charge on any atom is -0.316 e. The first-order valence-electron chi connectivity index (χ1n) is 5.97. The summed E-state index contributed by atoms with van der Waals surface area (Å²) in [6.07, 6.45) is 1.08. The number of hydrogen-bond acceptors (Lipinski definition) is 2. The van der Waals surface area contributed by atoms with Crippen LogP contribution in [0.15, 0.2) is 18.2 Å². The van der Waals surface area contributed by atoms with E-state index < -0.39 is 11.6 Å². The summed E-state index contributed by atoms with van der Waals surface area (Å²) in [5.74, 6) is -1.01. The number of likely N-dealkylation sites (tertiary alicyclic amines) is 1. The maximum atomic E-state index is 13.1. The number of nitrogens with zero attached hydrogens (tertiary/aromatic N) is 1. The first kappa shape index (κ1) is 12.5. The van der Waals surface area contributed by atoms with Crippen LogP contribution in [0.1, 0.15) is 24.9 Å². The van der Waals surface area contributed by atoms with E-state index in [0.717, 1.165) is 25.6 Å². The Bertz CT molecular complexity index is 375. The quantitative estimate of drug-likeness (QED) is 0.872. The topological polar surface area (TPSA) is 15.3 Å². The number of nitrogens with one attached hydrogen (secondary N) is 1. The van der Waals surface area contributed by atoms with E-state index in [0.29, 0.717) is 11.6 Å². The molecule has 1 N–H and O–H groups in total. The van der Waals surface area contributed by atoms with Gasteiger partial charge in [0, 0.05) is 31.2 Å². The highest BCUT2D eigenvalue weighted by Crippen LogP contribution is 2.25. The summed E-state index contributed by atoms with van der Waals surface area (Å²) in [4.78, 5) is 2.25. The van der Waals surface area contributed by atoms with Gasteiger partial charge in [-0.15, -0.1) is 0 Å². The van der Waals surface area contributed by atoms with Crippen LogP contribution in [-0.2, 0) is 0 Å². The number of likely N-dealkylation sites (N-methyl/N-ethyl adjacent to an activating group) is 1. The summed E-state index contributed by atoms with van der Waals surface area (Å²) in [5.41, 5.74) is 0.708. The van der Waals surface area contributed by atoms with E-state index in [1.807, 2.05) is 14.0 Å². The van der Waals surface area contributed by atoms with E-state index in [2.05, 4.69) is 10.2 Å². The molecule has 94 valence electrons. The zero-order chi connectivity index (χ0) is 12.4. The van der Waals surface area contributed by atoms with Gasteiger partial charge in [0.2, 0.25) is 0 Å². The Kier molecular flexibility index (Phi) is 3.74. The molecule has 2 atom stereocenters. The van der Waals surface area contributed by atoms with Gasteiger partial charge in [0.05, 0.1) is 0 Å². The SMILES string of the molecule is CNC1CCN(C(C)c2cc(F)cc(F)c2)C1. The van der Waals surface area contributed by atoms with Gasteiger partial charge >= 0.3 is 0 Å². The van der Waals surface area contributed by atoms with E-state index in [9.17, 15) is 8.78 Å². The largest absolute Gasteiger partial charge is 0.316 e. The monoisotopic (exact) mass is 240 g/mol. The fourth-order valence-electron chi connectivity index (χ4n) is 2.40. The van der Waals surface area contributed by atoms with Crippen LogP contribution in [-0.4, -0.2) is 31.1 Å². The van der Waals surface area contributed by atoms with E-state index in [1.54, 1.807) is 0 Å². The molecule has 0 aliphatic carbocycles. The van der Waals surface area contributed by atoms with Crippen molar-refractivity contribution in [2.75, 3.05) is 20.1 Å². The standard InChI is InChI=1S/C13H18F2N2/c1-9(17-4-3-13(8-17)16-2)10-5-11(14)7-12(15)6-10/h5-7,9,13,16H,3-4,8H2,1-2H3. The van der Waals surface area contributed by atoms with Crippen molar-refractivity contribution in [3.05, 3.63) is 35.4 Å². The summed E-state index contributed by atoms with van der Waals surface area (Å²) < 4.78 is 26.3. The van der Waals surface area contributed by atoms with Crippen molar-refractivity contribution in [2.24, 2.45) is 0 Å². The molecule has 0 spiro atoms. The van der Waals surface area contributed by atoms with Crippen LogP contribution in [0.4, 0.5) is 8.78 Å². The van der Waals surface area contributed by atoms with Crippen LogP contribution in [0, 0.1) is 11.6 Å². The van der Waals surface area contributed by atoms with Crippen LogP contribution >= 0.6 is 0 Å². The van der Waals surface area contributed by atoms with Crippen molar-refractivity contribution in [3.63, 3.8) is 0 Å². The van der Waals surface area contributed by atoms with Crippen LogP contribution in [0.2, 0.25) is 0 Å². The Hall–Kier alpha value is -1.00. The molecule has 1 heterocycles. The molecule has 4 heteroatoms. The van der Waals surface area contributed by atoms with Gasteiger partial charge in [-0.3, -0.25) is 4.90 Å². The Morgan fingerprint density at radius 2 is 1.94 bits per heavy atom. The van der Waals surface area contributed by atoms with Crippen molar-refractivity contribution in [2.45, 2.75) is 25.4 Å². The third-order valence-electron chi connectivity index (χ3n) is 3.54. The van der Waals surface area contributed by atoms with E-state index in [-0.39, 0.29) is 6.04 Å². The number of hydrogen-bond donors (Lipinski definition) is 1. The lowest BCUT2D eigenvalue weighted by atomic mass is 10.1. The lowest BCUT2D eigenvalue weighted by molar-refractivity contribution is 0.256. The zero-order valence-corrected chi connectivity index (χ0v) is 10.2. The Morgan fingerprint density at radius 3 is 2.47 bits per heavy atom. The highest BCUT2D eigenvalue weighted by Gasteiger charge is 2.26. The Labute approximate surface area is 101 Å². The fraction of sp³-hybridized carbons (Fsp3) is 0.538. The molecule has 1 fully saturated rings. The molecular weight excluding hydrogens is 222 g/mol. The second-order valence-electron chi connectivity index (χ2n) is 4.65. The summed E-state index contributed by atoms with van der Waals surface area (Å²) in [5, 5.41) is 3.23. The summed E-state index contributed by atoms with van der Waals surface area (Å²) in [6, 6.07) is 4.28. The zero-order valence-electron chi connectivity index (χ0n) is 10.2. The van der Waals surface area contributed by atoms with Crippen LogP contribution in [0.25, 0.3) is 0 Å². The van der Waals surface area contributed by atoms with Crippen molar-refractivity contribution in [3.8, 4) is 0 Å². The fourth-order valence-corrected chi connectivity index (χ4v) is 2.40. The summed E-state index contributed by atoms with van der Waals surface area (Å²) in [7, 11) is 1.95. The maximum absolute atomic E-state index is 13.1. The predicted molar refractivity (Wildman–Crippen MR) is 63.8 cm³/mol. The number of benzene rings is 1. The summed E-state index contributed by atoms with van der Waals surface area (Å²) in [6.45, 7) is 3.88. The lowest BCUT2D eigenvalue weighted by Gasteiger charge is -2.24. The molecule has 2 rings (SSSR count). The van der Waals surface area contributed by atoms with Crippen LogP contribution in [0.5, 0.6) is 0 Å². The van der Waals surface area contributed by atoms with E-state index in [4.69, 9.17) is 0 Å². The molecule has 1 aromatic carbocycles. The molecule has 0 radical (unpaired) electrons. The van der Waals surface area contributed by atoms with Crippen molar-refractivity contribution in [1.82, 2.24) is 10.2 Å². The van der Waals surface area contributed by atoms with Gasteiger partial charge < -0.3 is 5.32 Å². The molecule has 0 aromatic heterocycles. The van der Waals surface area contributed by atoms with Crippen LogP contribution in [0.3, 0.4) is 0 Å². The maximum Gasteiger partial charge on any atom is 0.126 e. The molecule has 17 heavy (non-hydrogen) atoms. The van der Waals surface area contributed by atoms with E-state index >= 15 is 0 Å². The molecule has 0 saturated carbocycles. The summed E-state index contributed by atoms with van der Waals surface area (Å²) >= 11 is 0. The molecule has 2 nitrogen and oxygen atoms in total. The van der Waals surface area contributed by atoms with Gasteiger partial charge in [-0.05, 0) is 38.1 Å². The van der Waals surface area contributed by atoms with Gasteiger partial charge in [0.15, 0.2) is 0 Å². The highest BCUT2D eigenvalue weighted by atomic mass is 19.1. The molecule has 1 saturated heterocycles. The highest BCUT2D eigenvalue weighted by molar-refractivity contribution is 5.21. The smallest absolute Gasteiger partial charge is 0.126 e.